The van der Waals surface area contributed by atoms with Crippen molar-refractivity contribution in [2.45, 2.75) is 26.7 Å². The number of rotatable bonds is 5. The number of halogens is 1. The summed E-state index contributed by atoms with van der Waals surface area (Å²) in [6.45, 7) is 5.81. The molecule has 28 heavy (non-hydrogen) atoms. The van der Waals surface area contributed by atoms with Gasteiger partial charge in [-0.05, 0) is 66.5 Å². The van der Waals surface area contributed by atoms with E-state index in [1.807, 2.05) is 39.0 Å². The molecule has 2 rings (SSSR count). The second kappa shape index (κ2) is 9.80. The number of hydrogen-bond acceptors (Lipinski definition) is 4. The fourth-order valence-electron chi connectivity index (χ4n) is 2.36. The minimum atomic E-state index is -0.524. The van der Waals surface area contributed by atoms with Crippen molar-refractivity contribution in [3.63, 3.8) is 0 Å². The molecule has 0 atom stereocenters. The lowest BCUT2D eigenvalue weighted by molar-refractivity contribution is -0.123. The second-order valence-corrected chi connectivity index (χ2v) is 6.86. The number of benzene rings is 2. The summed E-state index contributed by atoms with van der Waals surface area (Å²) in [5.41, 5.74) is 7.05. The average Bonchev–Trinajstić information content (AvgIpc) is 2.65. The van der Waals surface area contributed by atoms with Crippen molar-refractivity contribution in [3.05, 3.63) is 65.0 Å². The highest BCUT2D eigenvalue weighted by atomic mass is 32.1. The zero-order chi connectivity index (χ0) is 20.7. The van der Waals surface area contributed by atoms with E-state index in [0.717, 1.165) is 11.1 Å². The van der Waals surface area contributed by atoms with Crippen molar-refractivity contribution < 1.29 is 18.7 Å². The Kier molecular flexibility index (Phi) is 7.45. The van der Waals surface area contributed by atoms with Gasteiger partial charge in [-0.1, -0.05) is 26.0 Å². The molecule has 8 heteroatoms. The van der Waals surface area contributed by atoms with Gasteiger partial charge in [-0.2, -0.15) is 0 Å². The highest BCUT2D eigenvalue weighted by Crippen LogP contribution is 2.27. The number of nitrogens with one attached hydrogen (secondary N) is 3. The van der Waals surface area contributed by atoms with Crippen LogP contribution in [0.5, 0.6) is 5.75 Å². The summed E-state index contributed by atoms with van der Waals surface area (Å²) < 4.78 is 18.5. The van der Waals surface area contributed by atoms with Gasteiger partial charge >= 0.3 is 0 Å². The van der Waals surface area contributed by atoms with E-state index in [-0.39, 0.29) is 23.2 Å². The molecule has 2 aromatic carbocycles. The molecule has 0 saturated carbocycles. The van der Waals surface area contributed by atoms with Gasteiger partial charge in [0, 0.05) is 5.56 Å². The van der Waals surface area contributed by atoms with Gasteiger partial charge in [0.25, 0.3) is 11.8 Å². The molecule has 0 spiro atoms. The summed E-state index contributed by atoms with van der Waals surface area (Å²) in [5, 5.41) is 2.28. The number of hydrazine groups is 1. The fourth-order valence-corrected chi connectivity index (χ4v) is 2.50. The molecule has 2 amide bonds. The molecule has 0 aliphatic rings. The van der Waals surface area contributed by atoms with Gasteiger partial charge in [-0.25, -0.2) is 4.39 Å². The van der Waals surface area contributed by atoms with Crippen LogP contribution in [0.2, 0.25) is 0 Å². The van der Waals surface area contributed by atoms with Crippen molar-refractivity contribution in [3.8, 4) is 5.75 Å². The Morgan fingerprint density at radius 3 is 2.43 bits per heavy atom. The van der Waals surface area contributed by atoms with E-state index in [4.69, 9.17) is 17.0 Å². The Morgan fingerprint density at radius 2 is 1.79 bits per heavy atom. The van der Waals surface area contributed by atoms with Crippen molar-refractivity contribution in [1.82, 2.24) is 16.2 Å². The topological polar surface area (TPSA) is 79.5 Å². The lowest BCUT2D eigenvalue weighted by Crippen LogP contribution is -2.49. The first kappa shape index (κ1) is 21.3. The van der Waals surface area contributed by atoms with E-state index in [2.05, 4.69) is 16.2 Å². The molecule has 148 valence electrons. The van der Waals surface area contributed by atoms with Gasteiger partial charge in [0.15, 0.2) is 11.7 Å². The van der Waals surface area contributed by atoms with Crippen LogP contribution < -0.4 is 20.9 Å². The molecule has 0 aliphatic carbocycles. The minimum absolute atomic E-state index is 0.0962. The molecular weight excluding hydrogens is 381 g/mol. The van der Waals surface area contributed by atoms with E-state index < -0.39 is 17.6 Å². The molecular formula is C20H22FN3O3S. The summed E-state index contributed by atoms with van der Waals surface area (Å²) in [6.07, 6.45) is 0. The van der Waals surface area contributed by atoms with Crippen LogP contribution in [0.25, 0.3) is 0 Å². The number of carbonyl (C=O) groups is 2. The predicted octanol–water partition coefficient (Wildman–Crippen LogP) is 2.97. The maximum atomic E-state index is 12.9. The van der Waals surface area contributed by atoms with E-state index in [1.54, 1.807) is 0 Å². The summed E-state index contributed by atoms with van der Waals surface area (Å²) in [7, 11) is 0. The van der Waals surface area contributed by atoms with Gasteiger partial charge in [-0.15, -0.1) is 0 Å². The molecule has 0 unspecified atom stereocenters. The molecule has 6 nitrogen and oxygen atoms in total. The molecule has 0 heterocycles. The fraction of sp³-hybridized carbons (Fsp3) is 0.250. The van der Waals surface area contributed by atoms with E-state index in [1.165, 1.54) is 24.3 Å². The normalized spacial score (nSPS) is 10.3. The van der Waals surface area contributed by atoms with Crippen LogP contribution in [0.15, 0.2) is 42.5 Å². The van der Waals surface area contributed by atoms with Gasteiger partial charge in [-0.3, -0.25) is 25.8 Å². The Morgan fingerprint density at radius 1 is 1.11 bits per heavy atom. The third-order valence-electron chi connectivity index (χ3n) is 3.80. The van der Waals surface area contributed by atoms with Crippen LogP contribution in [-0.4, -0.2) is 23.5 Å². The van der Waals surface area contributed by atoms with Gasteiger partial charge in [0.05, 0.1) is 0 Å². The van der Waals surface area contributed by atoms with Crippen LogP contribution in [0, 0.1) is 12.7 Å². The predicted molar refractivity (Wildman–Crippen MR) is 109 cm³/mol. The van der Waals surface area contributed by atoms with Crippen molar-refractivity contribution in [1.29, 1.82) is 0 Å². The number of aryl methyl sites for hydroxylation is 1. The Labute approximate surface area is 168 Å². The molecule has 0 bridgehead atoms. The van der Waals surface area contributed by atoms with Gasteiger partial charge in [0.2, 0.25) is 0 Å². The molecule has 2 aromatic rings. The van der Waals surface area contributed by atoms with E-state index in [9.17, 15) is 14.0 Å². The third kappa shape index (κ3) is 6.31. The van der Waals surface area contributed by atoms with Crippen molar-refractivity contribution >= 4 is 29.1 Å². The van der Waals surface area contributed by atoms with E-state index >= 15 is 0 Å². The Hall–Kier alpha value is -3.00. The quantitative estimate of drug-likeness (QED) is 0.528. The molecule has 3 N–H and O–H groups in total. The maximum absolute atomic E-state index is 12.9. The Balaban J connectivity index is 1.81. The SMILES string of the molecule is Cc1ccc(C(C)C)c(OCC(=O)NNC(=S)NC(=O)c2ccc(F)cc2)c1. The standard InChI is InChI=1S/C20H22FN3O3S/c1-12(2)16-9-4-13(3)10-17(16)27-11-18(25)23-24-20(28)22-19(26)14-5-7-15(21)8-6-14/h4-10,12H,11H2,1-3H3,(H,23,25)(H2,22,24,26,28). The smallest absolute Gasteiger partial charge is 0.276 e. The van der Waals surface area contributed by atoms with Crippen molar-refractivity contribution in [2.24, 2.45) is 0 Å². The zero-order valence-electron chi connectivity index (χ0n) is 15.8. The number of amides is 2. The van der Waals surface area contributed by atoms with Crippen LogP contribution in [0.1, 0.15) is 41.3 Å². The van der Waals surface area contributed by atoms with E-state index in [0.29, 0.717) is 5.75 Å². The largest absolute Gasteiger partial charge is 0.483 e. The highest BCUT2D eigenvalue weighted by molar-refractivity contribution is 7.80. The summed E-state index contributed by atoms with van der Waals surface area (Å²) in [6, 6.07) is 10.8. The first-order valence-electron chi connectivity index (χ1n) is 8.65. The highest BCUT2D eigenvalue weighted by Gasteiger charge is 2.11. The zero-order valence-corrected chi connectivity index (χ0v) is 16.7. The summed E-state index contributed by atoms with van der Waals surface area (Å²) in [5.74, 6) is -0.527. The summed E-state index contributed by atoms with van der Waals surface area (Å²) >= 11 is 4.95. The second-order valence-electron chi connectivity index (χ2n) is 6.45. The van der Waals surface area contributed by atoms with Gasteiger partial charge in [0.1, 0.15) is 11.6 Å². The lowest BCUT2D eigenvalue weighted by Gasteiger charge is -2.15. The maximum Gasteiger partial charge on any atom is 0.276 e. The van der Waals surface area contributed by atoms with Crippen LogP contribution in [0.3, 0.4) is 0 Å². The number of carbonyl (C=O) groups excluding carboxylic acids is 2. The van der Waals surface area contributed by atoms with Crippen LogP contribution >= 0.6 is 12.2 Å². The Bertz CT molecular complexity index is 869. The first-order chi connectivity index (χ1) is 13.3. The monoisotopic (exact) mass is 403 g/mol. The van der Waals surface area contributed by atoms with Gasteiger partial charge < -0.3 is 4.74 Å². The molecule has 0 aromatic heterocycles. The third-order valence-corrected chi connectivity index (χ3v) is 4.00. The minimum Gasteiger partial charge on any atom is -0.483 e. The molecule has 0 fully saturated rings. The average molecular weight is 403 g/mol. The molecule has 0 saturated heterocycles. The molecule has 0 radical (unpaired) electrons. The molecule has 0 aliphatic heterocycles. The first-order valence-corrected chi connectivity index (χ1v) is 9.06. The summed E-state index contributed by atoms with van der Waals surface area (Å²) in [4.78, 5) is 23.9. The number of hydrogen-bond donors (Lipinski definition) is 3. The van der Waals surface area contributed by atoms with Crippen LogP contribution in [-0.2, 0) is 4.79 Å². The number of ether oxygens (including phenoxy) is 1. The number of thiocarbonyl (C=S) groups is 1. The lowest BCUT2D eigenvalue weighted by atomic mass is 10.0. The van der Waals surface area contributed by atoms with Crippen LogP contribution in [0.4, 0.5) is 4.39 Å². The van der Waals surface area contributed by atoms with Crippen molar-refractivity contribution in [2.75, 3.05) is 6.61 Å².